The summed E-state index contributed by atoms with van der Waals surface area (Å²) < 4.78 is 27.7. The van der Waals surface area contributed by atoms with E-state index in [1.54, 1.807) is 5.51 Å². The third-order valence-corrected chi connectivity index (χ3v) is 6.83. The van der Waals surface area contributed by atoms with Gasteiger partial charge in [-0.15, -0.1) is 11.3 Å². The number of hydrogen-bond acceptors (Lipinski definition) is 9. The highest BCUT2D eigenvalue weighted by Gasteiger charge is 2.44. The lowest BCUT2D eigenvalue weighted by molar-refractivity contribution is 0.103. The summed E-state index contributed by atoms with van der Waals surface area (Å²) in [5.41, 5.74) is 1.20. The maximum absolute atomic E-state index is 14.1. The van der Waals surface area contributed by atoms with Gasteiger partial charge in [0.15, 0.2) is 22.6 Å². The molecule has 176 valence electrons. The molecule has 0 fully saturated rings. The fourth-order valence-electron chi connectivity index (χ4n) is 3.40. The lowest BCUT2D eigenvalue weighted by Gasteiger charge is -2.42. The Morgan fingerprint density at radius 1 is 1.31 bits per heavy atom. The number of aliphatic hydroxyl groups excluding tert-OH is 2. The van der Waals surface area contributed by atoms with Gasteiger partial charge in [0.25, 0.3) is 0 Å². The monoisotopic (exact) mass is 485 g/mol. The summed E-state index contributed by atoms with van der Waals surface area (Å²) in [7, 11) is 0. The average Bonchev–Trinajstić information content (AvgIpc) is 3.24. The fourth-order valence-corrected chi connectivity index (χ4v) is 5.09. The maximum Gasteiger partial charge on any atom is 0.208 e. The Balaban J connectivity index is 1.98. The molecule has 2 atom stereocenters. The van der Waals surface area contributed by atoms with Gasteiger partial charge < -0.3 is 15.5 Å². The zero-order chi connectivity index (χ0) is 23.4. The van der Waals surface area contributed by atoms with Crippen molar-refractivity contribution in [2.24, 2.45) is 4.99 Å². The number of thioether (sulfide) groups is 1. The summed E-state index contributed by atoms with van der Waals surface area (Å²) in [5, 5.41) is 30.3. The van der Waals surface area contributed by atoms with Gasteiger partial charge in [0.2, 0.25) is 5.79 Å². The van der Waals surface area contributed by atoms with E-state index in [4.69, 9.17) is 4.99 Å². The van der Waals surface area contributed by atoms with Crippen molar-refractivity contribution in [1.82, 2.24) is 15.6 Å². The number of halogens is 2. The van der Waals surface area contributed by atoms with Crippen LogP contribution in [0.5, 0.6) is 0 Å². The molecule has 0 saturated carbocycles. The number of fused-ring (bicyclic) bond motifs is 1. The molecular formula is C21H29F2N5O2S2. The summed E-state index contributed by atoms with van der Waals surface area (Å²) in [6.07, 6.45) is 1.57. The van der Waals surface area contributed by atoms with E-state index in [0.717, 1.165) is 17.4 Å². The first kappa shape index (κ1) is 25.0. The van der Waals surface area contributed by atoms with E-state index in [-0.39, 0.29) is 30.6 Å². The molecule has 0 bridgehead atoms. The number of anilines is 1. The summed E-state index contributed by atoms with van der Waals surface area (Å²) in [6, 6.07) is 3.83. The summed E-state index contributed by atoms with van der Waals surface area (Å²) >= 11 is 2.60. The van der Waals surface area contributed by atoms with Crippen LogP contribution in [0.2, 0.25) is 0 Å². The Hall–Kier alpha value is -1.63. The van der Waals surface area contributed by atoms with Crippen LogP contribution in [0.4, 0.5) is 14.6 Å². The fraction of sp³-hybridized carbons (Fsp3) is 0.524. The summed E-state index contributed by atoms with van der Waals surface area (Å²) in [4.78, 5) is 10.0. The van der Waals surface area contributed by atoms with Gasteiger partial charge in [0.1, 0.15) is 4.88 Å². The number of nitrogens with one attached hydrogen (secondary N) is 3. The zero-order valence-electron chi connectivity index (χ0n) is 18.3. The van der Waals surface area contributed by atoms with Crippen LogP contribution in [0.3, 0.4) is 0 Å². The van der Waals surface area contributed by atoms with Crippen molar-refractivity contribution in [3.8, 4) is 0 Å². The predicted molar refractivity (Wildman–Crippen MR) is 126 cm³/mol. The Morgan fingerprint density at radius 2 is 2.09 bits per heavy atom. The Morgan fingerprint density at radius 3 is 2.78 bits per heavy atom. The molecule has 0 radical (unpaired) electrons. The molecule has 1 aromatic heterocycles. The number of hydrogen-bond donors (Lipinski definition) is 5. The Labute approximate surface area is 194 Å². The Kier molecular flexibility index (Phi) is 8.23. The van der Waals surface area contributed by atoms with E-state index >= 15 is 0 Å². The number of rotatable bonds is 10. The molecule has 3 rings (SSSR count). The second-order valence-corrected chi connectivity index (χ2v) is 10.1. The van der Waals surface area contributed by atoms with Crippen molar-refractivity contribution < 1.29 is 19.0 Å². The van der Waals surface area contributed by atoms with Crippen LogP contribution in [-0.2, 0) is 11.5 Å². The van der Waals surface area contributed by atoms with Crippen LogP contribution in [-0.4, -0.2) is 45.2 Å². The van der Waals surface area contributed by atoms with Crippen molar-refractivity contribution in [2.45, 2.75) is 56.7 Å². The van der Waals surface area contributed by atoms with Gasteiger partial charge in [-0.05, 0) is 26.3 Å². The lowest BCUT2D eigenvalue weighted by Crippen LogP contribution is -2.64. The molecule has 2 unspecified atom stereocenters. The molecule has 11 heteroatoms. The normalized spacial score (nSPS) is 19.3. The molecule has 0 aliphatic carbocycles. The molecule has 1 aromatic carbocycles. The number of aliphatic imine (C=N–C) groups is 1. The van der Waals surface area contributed by atoms with Gasteiger partial charge in [-0.25, -0.2) is 18.8 Å². The highest BCUT2D eigenvalue weighted by molar-refractivity contribution is 8.13. The number of thiazole rings is 1. The highest BCUT2D eigenvalue weighted by Crippen LogP contribution is 2.38. The quantitative estimate of drug-likeness (QED) is 0.329. The number of nitrogens with zero attached hydrogens (tertiary/aromatic N) is 2. The van der Waals surface area contributed by atoms with Crippen molar-refractivity contribution in [3.63, 3.8) is 0 Å². The molecular weight excluding hydrogens is 456 g/mol. The molecule has 1 aliphatic heterocycles. The van der Waals surface area contributed by atoms with Crippen LogP contribution < -0.4 is 16.0 Å². The molecule has 2 heterocycles. The molecule has 32 heavy (non-hydrogen) atoms. The first-order valence-electron chi connectivity index (χ1n) is 10.4. The second kappa shape index (κ2) is 10.5. The van der Waals surface area contributed by atoms with E-state index in [2.05, 4.69) is 20.9 Å². The van der Waals surface area contributed by atoms with Gasteiger partial charge >= 0.3 is 0 Å². The largest absolute Gasteiger partial charge is 0.395 e. The number of aromatic nitrogens is 1. The molecule has 5 N–H and O–H groups in total. The summed E-state index contributed by atoms with van der Waals surface area (Å²) in [6.45, 7) is 5.47. The predicted octanol–water partition coefficient (Wildman–Crippen LogP) is 3.36. The van der Waals surface area contributed by atoms with E-state index in [1.165, 1.54) is 35.2 Å². The van der Waals surface area contributed by atoms with Crippen LogP contribution >= 0.6 is 23.1 Å². The lowest BCUT2D eigenvalue weighted by atomic mass is 10.0. The Bertz CT molecular complexity index is 956. The molecule has 2 aromatic rings. The zero-order valence-corrected chi connectivity index (χ0v) is 19.9. The van der Waals surface area contributed by atoms with Gasteiger partial charge in [0.05, 0.1) is 18.7 Å². The van der Waals surface area contributed by atoms with Gasteiger partial charge in [-0.2, -0.15) is 0 Å². The van der Waals surface area contributed by atoms with Crippen molar-refractivity contribution >= 4 is 34.1 Å². The minimum Gasteiger partial charge on any atom is -0.395 e. The van der Waals surface area contributed by atoms with Crippen LogP contribution in [0.15, 0.2) is 28.7 Å². The first-order chi connectivity index (χ1) is 15.2. The third-order valence-electron chi connectivity index (χ3n) is 4.97. The molecule has 0 amide bonds. The van der Waals surface area contributed by atoms with Gasteiger partial charge in [0, 0.05) is 22.9 Å². The highest BCUT2D eigenvalue weighted by atomic mass is 32.2. The van der Waals surface area contributed by atoms with Crippen LogP contribution in [0.25, 0.3) is 0 Å². The van der Waals surface area contributed by atoms with Crippen molar-refractivity contribution in [2.75, 3.05) is 18.5 Å². The van der Waals surface area contributed by atoms with Gasteiger partial charge in [-0.3, -0.25) is 10.6 Å². The number of amidine groups is 1. The number of aliphatic hydroxyl groups is 2. The van der Waals surface area contributed by atoms with Crippen LogP contribution in [0.1, 0.15) is 44.1 Å². The molecule has 1 aliphatic rings. The minimum atomic E-state index is -1.17. The van der Waals surface area contributed by atoms with E-state index in [1.807, 2.05) is 20.8 Å². The van der Waals surface area contributed by atoms with Gasteiger partial charge in [-0.1, -0.05) is 37.2 Å². The molecule has 0 saturated heterocycles. The average molecular weight is 486 g/mol. The smallest absolute Gasteiger partial charge is 0.208 e. The van der Waals surface area contributed by atoms with E-state index in [0.29, 0.717) is 17.4 Å². The number of benzene rings is 1. The standard InChI is InChI=1S/C21H29F2N5O2S2/c1-4-6-14(9-29)26-21(28-20(2,3)11-30)17-18(24-12-32-17)25-19(27-21)31-10-13-7-5-8-15(22)16(13)23/h5,7-8,12,14,26,28-30H,4,6,9-11H2,1-3H3,(H,25,27). The SMILES string of the molecule is CCCC(CO)NC1(NC(C)(C)CO)N=C(SCc2cccc(F)c2F)Nc2ncsc21. The minimum absolute atomic E-state index is 0.0924. The maximum atomic E-state index is 14.1. The topological polar surface area (TPSA) is 102 Å². The van der Waals surface area contributed by atoms with E-state index in [9.17, 15) is 19.0 Å². The second-order valence-electron chi connectivity index (χ2n) is 8.26. The molecule has 7 nitrogen and oxygen atoms in total. The van der Waals surface area contributed by atoms with Crippen molar-refractivity contribution in [3.05, 3.63) is 45.8 Å². The third kappa shape index (κ3) is 5.64. The first-order valence-corrected chi connectivity index (χ1v) is 12.3. The van der Waals surface area contributed by atoms with Crippen molar-refractivity contribution in [1.29, 1.82) is 0 Å². The van der Waals surface area contributed by atoms with E-state index < -0.39 is 23.0 Å². The van der Waals surface area contributed by atoms with Crippen LogP contribution in [0, 0.1) is 11.6 Å². The summed E-state index contributed by atoms with van der Waals surface area (Å²) in [5.74, 6) is -2.20. The molecule has 0 spiro atoms.